The fourth-order valence-electron chi connectivity index (χ4n) is 2.23. The number of unbranched alkanes of at least 4 members (excludes halogenated alkanes) is 1. The van der Waals surface area contributed by atoms with E-state index in [0.29, 0.717) is 12.0 Å². The highest BCUT2D eigenvalue weighted by atomic mass is 16.5. The van der Waals surface area contributed by atoms with Gasteiger partial charge < -0.3 is 10.5 Å². The van der Waals surface area contributed by atoms with Crippen LogP contribution < -0.4 is 5.73 Å². The molecule has 2 atom stereocenters. The summed E-state index contributed by atoms with van der Waals surface area (Å²) in [7, 11) is 0. The second kappa shape index (κ2) is 7.20. The van der Waals surface area contributed by atoms with Crippen LogP contribution >= 0.6 is 0 Å². The average Bonchev–Trinajstić information content (AvgIpc) is 2.59. The lowest BCUT2D eigenvalue weighted by Crippen LogP contribution is -2.31. The molecule has 0 aromatic rings. The zero-order valence-corrected chi connectivity index (χ0v) is 10.2. The van der Waals surface area contributed by atoms with Crippen molar-refractivity contribution in [2.24, 2.45) is 11.7 Å². The topological polar surface area (TPSA) is 38.5 Å². The van der Waals surface area contributed by atoms with Gasteiger partial charge >= 0.3 is 0 Å². The predicted molar refractivity (Wildman–Crippen MR) is 63.9 cm³/mol. The molecule has 1 rings (SSSR count). The molecule has 0 aliphatic carbocycles. The van der Waals surface area contributed by atoms with Crippen molar-refractivity contribution >= 4 is 0 Å². The Morgan fingerprint density at radius 3 is 2.80 bits per heavy atom. The van der Waals surface area contributed by atoms with E-state index in [9.17, 15) is 0 Å². The first-order chi connectivity index (χ1) is 7.27. The van der Waals surface area contributed by atoms with Gasteiger partial charge in [0.15, 0.2) is 0 Å². The summed E-state index contributed by atoms with van der Waals surface area (Å²) >= 11 is 0. The predicted octanol–water partition coefficient (Wildman–Crippen LogP) is 1.47. The Labute approximate surface area is 94.0 Å². The van der Waals surface area contributed by atoms with Crippen LogP contribution in [0.1, 0.15) is 33.1 Å². The smallest absolute Gasteiger partial charge is 0.0593 e. The van der Waals surface area contributed by atoms with Crippen LogP contribution in [-0.2, 0) is 4.74 Å². The van der Waals surface area contributed by atoms with E-state index >= 15 is 0 Å². The first-order valence-electron chi connectivity index (χ1n) is 6.29. The number of ether oxygens (including phenoxy) is 1. The van der Waals surface area contributed by atoms with Crippen molar-refractivity contribution in [1.29, 1.82) is 0 Å². The Morgan fingerprint density at radius 1 is 1.40 bits per heavy atom. The molecular formula is C12H26N2O. The Bertz CT molecular complexity index is 164. The van der Waals surface area contributed by atoms with Crippen molar-refractivity contribution in [2.45, 2.75) is 39.2 Å². The van der Waals surface area contributed by atoms with E-state index in [1.807, 2.05) is 0 Å². The van der Waals surface area contributed by atoms with Crippen LogP contribution in [0.25, 0.3) is 0 Å². The molecule has 1 aliphatic heterocycles. The van der Waals surface area contributed by atoms with E-state index in [1.165, 1.54) is 19.3 Å². The first kappa shape index (κ1) is 12.9. The molecule has 0 saturated carbocycles. The summed E-state index contributed by atoms with van der Waals surface area (Å²) in [6, 6.07) is 0.688. The van der Waals surface area contributed by atoms with Gasteiger partial charge in [0.1, 0.15) is 0 Å². The third-order valence-corrected chi connectivity index (χ3v) is 3.29. The summed E-state index contributed by atoms with van der Waals surface area (Å²) in [6.45, 7) is 9.34. The van der Waals surface area contributed by atoms with Crippen LogP contribution in [-0.4, -0.2) is 43.8 Å². The van der Waals surface area contributed by atoms with E-state index in [-0.39, 0.29) is 0 Å². The molecule has 3 heteroatoms. The van der Waals surface area contributed by atoms with Gasteiger partial charge in [-0.1, -0.05) is 13.3 Å². The van der Waals surface area contributed by atoms with Crippen molar-refractivity contribution < 1.29 is 4.74 Å². The second-order valence-corrected chi connectivity index (χ2v) is 4.65. The van der Waals surface area contributed by atoms with Gasteiger partial charge in [-0.15, -0.1) is 0 Å². The van der Waals surface area contributed by atoms with Gasteiger partial charge in [0.05, 0.1) is 6.61 Å². The lowest BCUT2D eigenvalue weighted by molar-refractivity contribution is 0.0988. The third-order valence-electron chi connectivity index (χ3n) is 3.29. The first-order valence-corrected chi connectivity index (χ1v) is 6.29. The fraction of sp³-hybridized carbons (Fsp3) is 1.00. The summed E-state index contributed by atoms with van der Waals surface area (Å²) < 4.78 is 5.58. The average molecular weight is 214 g/mol. The quantitative estimate of drug-likeness (QED) is 0.652. The van der Waals surface area contributed by atoms with Crippen LogP contribution in [0, 0.1) is 5.92 Å². The minimum atomic E-state index is 0.688. The molecular weight excluding hydrogens is 188 g/mol. The summed E-state index contributed by atoms with van der Waals surface area (Å²) in [5.74, 6) is 0.704. The summed E-state index contributed by atoms with van der Waals surface area (Å²) in [6.07, 6.45) is 3.65. The number of hydrogen-bond donors (Lipinski definition) is 1. The monoisotopic (exact) mass is 214 g/mol. The molecule has 3 nitrogen and oxygen atoms in total. The number of nitrogens with two attached hydrogens (primary N) is 1. The van der Waals surface area contributed by atoms with Crippen LogP contribution in [0.5, 0.6) is 0 Å². The Morgan fingerprint density at radius 2 is 2.20 bits per heavy atom. The molecule has 0 spiro atoms. The van der Waals surface area contributed by atoms with Crippen molar-refractivity contribution in [3.05, 3.63) is 0 Å². The second-order valence-electron chi connectivity index (χ2n) is 4.65. The number of likely N-dealkylation sites (tertiary alicyclic amines) is 1. The fourth-order valence-corrected chi connectivity index (χ4v) is 2.23. The van der Waals surface area contributed by atoms with Crippen LogP contribution in [0.3, 0.4) is 0 Å². The van der Waals surface area contributed by atoms with E-state index in [2.05, 4.69) is 18.7 Å². The molecule has 90 valence electrons. The van der Waals surface area contributed by atoms with Gasteiger partial charge in [0.2, 0.25) is 0 Å². The number of rotatable bonds is 7. The maximum Gasteiger partial charge on any atom is 0.0593 e. The van der Waals surface area contributed by atoms with E-state index in [4.69, 9.17) is 10.5 Å². The van der Waals surface area contributed by atoms with Gasteiger partial charge in [-0.25, -0.2) is 0 Å². The molecule has 15 heavy (non-hydrogen) atoms. The lowest BCUT2D eigenvalue weighted by atomic mass is 10.1. The standard InChI is InChI=1S/C12H26N2O/c1-3-4-6-15-7-5-14-10-12(9-13)8-11(14)2/h11-12H,3-10,13H2,1-2H3. The minimum Gasteiger partial charge on any atom is -0.380 e. The van der Waals surface area contributed by atoms with Crippen molar-refractivity contribution in [3.63, 3.8) is 0 Å². The zero-order valence-electron chi connectivity index (χ0n) is 10.2. The molecule has 1 aliphatic rings. The van der Waals surface area contributed by atoms with E-state index in [1.54, 1.807) is 0 Å². The highest BCUT2D eigenvalue weighted by Crippen LogP contribution is 2.21. The van der Waals surface area contributed by atoms with Crippen LogP contribution in [0.2, 0.25) is 0 Å². The molecule has 1 heterocycles. The van der Waals surface area contributed by atoms with E-state index < -0.39 is 0 Å². The Hall–Kier alpha value is -0.120. The van der Waals surface area contributed by atoms with Crippen molar-refractivity contribution in [3.8, 4) is 0 Å². The maximum absolute atomic E-state index is 5.69. The number of nitrogens with zero attached hydrogens (tertiary/aromatic N) is 1. The lowest BCUT2D eigenvalue weighted by Gasteiger charge is -2.20. The van der Waals surface area contributed by atoms with E-state index in [0.717, 1.165) is 32.8 Å². The molecule has 0 aromatic heterocycles. The highest BCUT2D eigenvalue weighted by molar-refractivity contribution is 4.82. The van der Waals surface area contributed by atoms with Gasteiger partial charge in [0.25, 0.3) is 0 Å². The molecule has 0 aromatic carbocycles. The third kappa shape index (κ3) is 4.49. The molecule has 0 amide bonds. The van der Waals surface area contributed by atoms with Gasteiger partial charge in [-0.05, 0) is 32.2 Å². The molecule has 1 fully saturated rings. The van der Waals surface area contributed by atoms with Crippen LogP contribution in [0.15, 0.2) is 0 Å². The summed E-state index contributed by atoms with van der Waals surface area (Å²) in [4.78, 5) is 2.50. The largest absolute Gasteiger partial charge is 0.380 e. The van der Waals surface area contributed by atoms with Crippen LogP contribution in [0.4, 0.5) is 0 Å². The van der Waals surface area contributed by atoms with Gasteiger partial charge in [-0.2, -0.15) is 0 Å². The molecule has 1 saturated heterocycles. The minimum absolute atomic E-state index is 0.688. The highest BCUT2D eigenvalue weighted by Gasteiger charge is 2.27. The Balaban J connectivity index is 2.06. The summed E-state index contributed by atoms with van der Waals surface area (Å²) in [5.41, 5.74) is 5.69. The SMILES string of the molecule is CCCCOCCN1CC(CN)CC1C. The maximum atomic E-state index is 5.69. The number of hydrogen-bond acceptors (Lipinski definition) is 3. The van der Waals surface area contributed by atoms with Crippen molar-refractivity contribution in [1.82, 2.24) is 4.90 Å². The molecule has 0 bridgehead atoms. The Kier molecular flexibility index (Phi) is 6.22. The van der Waals surface area contributed by atoms with Crippen molar-refractivity contribution in [2.75, 3.05) is 32.8 Å². The molecule has 0 radical (unpaired) electrons. The zero-order chi connectivity index (χ0) is 11.1. The molecule has 2 N–H and O–H groups in total. The normalized spacial score (nSPS) is 27.4. The summed E-state index contributed by atoms with van der Waals surface area (Å²) in [5, 5.41) is 0. The molecule has 2 unspecified atom stereocenters. The van der Waals surface area contributed by atoms with Gasteiger partial charge in [-0.3, -0.25) is 4.90 Å². The van der Waals surface area contributed by atoms with Gasteiger partial charge in [0, 0.05) is 25.7 Å².